The molecule has 4 aromatic carbocycles. The number of allylic oxidation sites excluding steroid dienone is 1. The van der Waals surface area contributed by atoms with Gasteiger partial charge in [-0.05, 0) is 71.6 Å². The number of thioether (sulfide) groups is 1. The molecule has 142 valence electrons. The van der Waals surface area contributed by atoms with Crippen LogP contribution in [0.5, 0.6) is 0 Å². The second-order valence-electron chi connectivity index (χ2n) is 6.77. The first-order chi connectivity index (χ1) is 14.2. The van der Waals surface area contributed by atoms with Crippen molar-refractivity contribution in [2.45, 2.75) is 11.8 Å². The summed E-state index contributed by atoms with van der Waals surface area (Å²) in [4.78, 5) is 5.86. The monoisotopic (exact) mass is 397 g/mol. The minimum Gasteiger partial charge on any atom is -0.248 e. The first-order valence-corrected chi connectivity index (χ1v) is 10.3. The molecule has 0 heterocycles. The van der Waals surface area contributed by atoms with Crippen molar-refractivity contribution in [2.24, 2.45) is 4.99 Å². The lowest BCUT2D eigenvalue weighted by Crippen LogP contribution is -1.96. The Morgan fingerprint density at radius 3 is 2.31 bits per heavy atom. The van der Waals surface area contributed by atoms with E-state index in [-0.39, 0.29) is 5.82 Å². The molecule has 4 aromatic rings. The van der Waals surface area contributed by atoms with Crippen LogP contribution in [0.4, 0.5) is 10.1 Å². The van der Waals surface area contributed by atoms with Crippen LogP contribution in [-0.2, 0) is 0 Å². The zero-order valence-corrected chi connectivity index (χ0v) is 16.9. The number of nitrogens with zero attached hydrogens (tertiary/aromatic N) is 1. The van der Waals surface area contributed by atoms with Crippen molar-refractivity contribution in [3.63, 3.8) is 0 Å². The van der Waals surface area contributed by atoms with Gasteiger partial charge in [0.1, 0.15) is 5.82 Å². The smallest absolute Gasteiger partial charge is 0.123 e. The number of aryl methyl sites for hydroxylation is 1. The third-order valence-electron chi connectivity index (χ3n) is 4.57. The van der Waals surface area contributed by atoms with Gasteiger partial charge in [-0.1, -0.05) is 65.9 Å². The van der Waals surface area contributed by atoms with Gasteiger partial charge in [0, 0.05) is 10.5 Å². The molecule has 0 radical (unpaired) electrons. The van der Waals surface area contributed by atoms with Gasteiger partial charge in [-0.25, -0.2) is 9.38 Å². The summed E-state index contributed by atoms with van der Waals surface area (Å²) in [5.74, 6) is -0.226. The van der Waals surface area contributed by atoms with Crippen LogP contribution in [0.3, 0.4) is 0 Å². The predicted molar refractivity (Wildman–Crippen MR) is 123 cm³/mol. The van der Waals surface area contributed by atoms with Crippen molar-refractivity contribution in [1.82, 2.24) is 0 Å². The van der Waals surface area contributed by atoms with E-state index in [4.69, 9.17) is 4.99 Å². The Balaban J connectivity index is 1.68. The highest BCUT2D eigenvalue weighted by Gasteiger charge is 2.03. The molecule has 29 heavy (non-hydrogen) atoms. The summed E-state index contributed by atoms with van der Waals surface area (Å²) in [6.07, 6.45) is 2.01. The molecule has 0 saturated heterocycles. The van der Waals surface area contributed by atoms with Crippen LogP contribution in [0, 0.1) is 12.7 Å². The molecule has 0 N–H and O–H groups in total. The van der Waals surface area contributed by atoms with E-state index >= 15 is 0 Å². The topological polar surface area (TPSA) is 12.4 Å². The Labute approximate surface area is 174 Å². The van der Waals surface area contributed by atoms with Gasteiger partial charge < -0.3 is 0 Å². The molecule has 0 aliphatic heterocycles. The van der Waals surface area contributed by atoms with Crippen LogP contribution in [0.15, 0.2) is 112 Å². The molecule has 3 heteroatoms. The quantitative estimate of drug-likeness (QED) is 0.248. The molecule has 0 spiro atoms. The third kappa shape index (κ3) is 5.01. The molecular weight excluding hydrogens is 377 g/mol. The first-order valence-electron chi connectivity index (χ1n) is 9.41. The molecular formula is C26H20FNS. The second kappa shape index (κ2) is 8.89. The lowest BCUT2D eigenvalue weighted by Gasteiger charge is -2.06. The van der Waals surface area contributed by atoms with Crippen LogP contribution in [0.25, 0.3) is 10.8 Å². The van der Waals surface area contributed by atoms with Gasteiger partial charge in [-0.15, -0.1) is 0 Å². The van der Waals surface area contributed by atoms with Gasteiger partial charge in [-0.2, -0.15) is 0 Å². The number of hydrogen-bond donors (Lipinski definition) is 0. The zero-order chi connectivity index (χ0) is 20.1. The molecule has 0 bridgehead atoms. The van der Waals surface area contributed by atoms with E-state index in [2.05, 4.69) is 49.4 Å². The summed E-state index contributed by atoms with van der Waals surface area (Å²) >= 11 is 1.54. The normalized spacial score (nSPS) is 12.0. The van der Waals surface area contributed by atoms with Crippen LogP contribution < -0.4 is 0 Å². The Morgan fingerprint density at radius 2 is 1.55 bits per heavy atom. The van der Waals surface area contributed by atoms with E-state index in [9.17, 15) is 4.39 Å². The molecule has 4 rings (SSSR count). The van der Waals surface area contributed by atoms with E-state index in [1.54, 1.807) is 23.9 Å². The van der Waals surface area contributed by atoms with Gasteiger partial charge in [0.25, 0.3) is 0 Å². The highest BCUT2D eigenvalue weighted by Crippen LogP contribution is 2.23. The van der Waals surface area contributed by atoms with Crippen LogP contribution in [0.2, 0.25) is 0 Å². The predicted octanol–water partition coefficient (Wildman–Crippen LogP) is 7.71. The minimum atomic E-state index is -0.226. The number of aliphatic imine (C=N–C) groups is 1. The van der Waals surface area contributed by atoms with E-state index < -0.39 is 0 Å². The Hall–Kier alpha value is -3.17. The molecule has 0 saturated carbocycles. The molecule has 0 aliphatic carbocycles. The second-order valence-corrected chi connectivity index (χ2v) is 7.75. The van der Waals surface area contributed by atoms with Gasteiger partial charge >= 0.3 is 0 Å². The lowest BCUT2D eigenvalue weighted by atomic mass is 10.0. The molecule has 0 atom stereocenters. The summed E-state index contributed by atoms with van der Waals surface area (Å²) in [7, 11) is 0. The highest BCUT2D eigenvalue weighted by molar-refractivity contribution is 8.02. The maximum absolute atomic E-state index is 13.1. The number of benzene rings is 4. The summed E-state index contributed by atoms with van der Waals surface area (Å²) in [6, 6.07) is 29.4. The van der Waals surface area contributed by atoms with Crippen molar-refractivity contribution >= 4 is 33.9 Å². The van der Waals surface area contributed by atoms with Crippen LogP contribution in [-0.4, -0.2) is 5.71 Å². The van der Waals surface area contributed by atoms with E-state index in [1.165, 1.54) is 28.5 Å². The molecule has 0 aliphatic rings. The van der Waals surface area contributed by atoms with Crippen molar-refractivity contribution in [3.8, 4) is 0 Å². The molecule has 0 fully saturated rings. The van der Waals surface area contributed by atoms with Crippen molar-refractivity contribution in [1.29, 1.82) is 0 Å². The Kier molecular flexibility index (Phi) is 5.87. The van der Waals surface area contributed by atoms with Gasteiger partial charge in [0.2, 0.25) is 0 Å². The number of rotatable bonds is 5. The van der Waals surface area contributed by atoms with E-state index in [0.717, 1.165) is 21.9 Å². The minimum absolute atomic E-state index is 0.226. The lowest BCUT2D eigenvalue weighted by molar-refractivity contribution is 0.626. The number of hydrogen-bond acceptors (Lipinski definition) is 2. The maximum atomic E-state index is 13.1. The SMILES string of the molecule is Cc1ccc(/N=C(/C=C/Sc2ccc(F)cc2)c2ccc3ccccc3c2)cc1. The van der Waals surface area contributed by atoms with E-state index in [0.29, 0.717) is 0 Å². The zero-order valence-electron chi connectivity index (χ0n) is 16.0. The van der Waals surface area contributed by atoms with Crippen molar-refractivity contribution < 1.29 is 4.39 Å². The van der Waals surface area contributed by atoms with Crippen LogP contribution >= 0.6 is 11.8 Å². The van der Waals surface area contributed by atoms with Crippen molar-refractivity contribution in [2.75, 3.05) is 0 Å². The summed E-state index contributed by atoms with van der Waals surface area (Å²) in [5, 5.41) is 4.38. The maximum Gasteiger partial charge on any atom is 0.123 e. The van der Waals surface area contributed by atoms with E-state index in [1.807, 2.05) is 35.7 Å². The first kappa shape index (κ1) is 19.2. The molecule has 1 nitrogen and oxygen atoms in total. The molecule has 0 aromatic heterocycles. The van der Waals surface area contributed by atoms with Gasteiger partial charge in [-0.3, -0.25) is 0 Å². The fraction of sp³-hybridized carbons (Fsp3) is 0.0385. The van der Waals surface area contributed by atoms with Crippen LogP contribution in [0.1, 0.15) is 11.1 Å². The average molecular weight is 398 g/mol. The summed E-state index contributed by atoms with van der Waals surface area (Å²) < 4.78 is 13.1. The fourth-order valence-electron chi connectivity index (χ4n) is 3.00. The van der Waals surface area contributed by atoms with Gasteiger partial charge in [0.15, 0.2) is 0 Å². The molecule has 0 amide bonds. The fourth-order valence-corrected chi connectivity index (χ4v) is 3.64. The van der Waals surface area contributed by atoms with Gasteiger partial charge in [0.05, 0.1) is 11.4 Å². The molecule has 0 unspecified atom stereocenters. The standard InChI is InChI=1S/C26H20FNS/c1-19-6-12-24(13-7-19)28-26(16-17-29-25-14-10-23(27)11-15-25)22-9-8-20-4-2-3-5-21(20)18-22/h2-18H,1H3/b17-16+,28-26-. The Morgan fingerprint density at radius 1 is 0.828 bits per heavy atom. The number of halogens is 1. The largest absolute Gasteiger partial charge is 0.248 e. The van der Waals surface area contributed by atoms with Crippen molar-refractivity contribution in [3.05, 3.63) is 119 Å². The number of fused-ring (bicyclic) bond motifs is 1. The highest BCUT2D eigenvalue weighted by atomic mass is 32.2. The third-order valence-corrected chi connectivity index (χ3v) is 5.39. The Bertz CT molecular complexity index is 1180. The summed E-state index contributed by atoms with van der Waals surface area (Å²) in [6.45, 7) is 2.07. The summed E-state index contributed by atoms with van der Waals surface area (Å²) in [5.41, 5.74) is 4.06. The average Bonchev–Trinajstić information content (AvgIpc) is 2.75.